The molecule has 3 heterocycles. The molecule has 1 aliphatic carbocycles. The highest BCUT2D eigenvalue weighted by Gasteiger charge is 2.41. The van der Waals surface area contributed by atoms with Gasteiger partial charge in [0, 0.05) is 30.3 Å². The zero-order valence-corrected chi connectivity index (χ0v) is 17.9. The van der Waals surface area contributed by atoms with E-state index in [2.05, 4.69) is 15.3 Å². The number of fused-ring (bicyclic) bond motifs is 2. The predicted molar refractivity (Wildman–Crippen MR) is 107 cm³/mol. The van der Waals surface area contributed by atoms with Gasteiger partial charge in [0.2, 0.25) is 5.91 Å². The fraction of sp³-hybridized carbons (Fsp3) is 0.737. The molecule has 1 N–H and O–H groups in total. The first kappa shape index (κ1) is 24.2. The molecule has 0 spiro atoms. The molecule has 5 nitrogen and oxygen atoms in total. The second-order valence-corrected chi connectivity index (χ2v) is 8.06. The zero-order valence-electron chi connectivity index (χ0n) is 16.3. The van der Waals surface area contributed by atoms with Crippen molar-refractivity contribution in [1.29, 1.82) is 0 Å². The number of nitrogens with zero attached hydrogens (tertiary/aromatic N) is 3. The average molecular weight is 455 g/mol. The van der Waals surface area contributed by atoms with Crippen molar-refractivity contribution in [2.45, 2.75) is 45.2 Å². The van der Waals surface area contributed by atoms with Crippen LogP contribution in [0.15, 0.2) is 0 Å². The van der Waals surface area contributed by atoms with Crippen LogP contribution in [0.1, 0.15) is 42.0 Å². The molecular weight excluding hydrogens is 428 g/mol. The molecule has 0 bridgehead atoms. The Labute approximate surface area is 181 Å². The standard InChI is InChI=1S/C19H25F3N4O.2ClH/c1-11-24-16-3-2-12(8-15(16)17(25-11)19(20,21)22)18(27)26-6-4-13-9-23-10-14(13)5-7-26;;/h12-14,23H,2-10H2,1H3;2*1H/t12?,13-,14+;;. The van der Waals surface area contributed by atoms with Crippen LogP contribution < -0.4 is 5.32 Å². The summed E-state index contributed by atoms with van der Waals surface area (Å²) in [6.07, 6.45) is -1.51. The van der Waals surface area contributed by atoms with E-state index in [1.807, 2.05) is 4.90 Å². The van der Waals surface area contributed by atoms with Crippen molar-refractivity contribution in [3.05, 3.63) is 22.8 Å². The van der Waals surface area contributed by atoms with Gasteiger partial charge >= 0.3 is 6.18 Å². The monoisotopic (exact) mass is 454 g/mol. The second-order valence-electron chi connectivity index (χ2n) is 8.06. The number of aromatic nitrogens is 2. The molecule has 1 aromatic rings. The summed E-state index contributed by atoms with van der Waals surface area (Å²) in [7, 11) is 0. The van der Waals surface area contributed by atoms with E-state index in [9.17, 15) is 18.0 Å². The van der Waals surface area contributed by atoms with Crippen molar-refractivity contribution >= 4 is 30.7 Å². The van der Waals surface area contributed by atoms with Gasteiger partial charge in [-0.2, -0.15) is 13.2 Å². The summed E-state index contributed by atoms with van der Waals surface area (Å²) in [6.45, 7) is 4.92. The van der Waals surface area contributed by atoms with Crippen molar-refractivity contribution in [3.63, 3.8) is 0 Å². The number of rotatable bonds is 1. The molecule has 10 heteroatoms. The first-order chi connectivity index (χ1) is 12.8. The van der Waals surface area contributed by atoms with Gasteiger partial charge in [0.25, 0.3) is 0 Å². The van der Waals surface area contributed by atoms with Gasteiger partial charge in [-0.15, -0.1) is 24.8 Å². The summed E-state index contributed by atoms with van der Waals surface area (Å²) < 4.78 is 40.3. The highest BCUT2D eigenvalue weighted by Crippen LogP contribution is 2.37. The van der Waals surface area contributed by atoms with Crippen LogP contribution in [0.25, 0.3) is 0 Å². The summed E-state index contributed by atoms with van der Waals surface area (Å²) in [4.78, 5) is 22.8. The second kappa shape index (κ2) is 9.35. The number of aryl methyl sites for hydroxylation is 2. The van der Waals surface area contributed by atoms with Crippen LogP contribution in [0, 0.1) is 24.7 Å². The van der Waals surface area contributed by atoms with Crippen molar-refractivity contribution in [2.75, 3.05) is 26.2 Å². The maximum Gasteiger partial charge on any atom is 0.433 e. The van der Waals surface area contributed by atoms with Gasteiger partial charge < -0.3 is 10.2 Å². The number of hydrogen-bond acceptors (Lipinski definition) is 4. The smallest absolute Gasteiger partial charge is 0.342 e. The van der Waals surface area contributed by atoms with E-state index in [0.29, 0.717) is 43.5 Å². The lowest BCUT2D eigenvalue weighted by molar-refractivity contribution is -0.143. The van der Waals surface area contributed by atoms with Crippen molar-refractivity contribution in [2.24, 2.45) is 17.8 Å². The predicted octanol–water partition coefficient (Wildman–Crippen LogP) is 3.21. The molecule has 0 saturated carbocycles. The fourth-order valence-corrected chi connectivity index (χ4v) is 4.88. The molecule has 164 valence electrons. The first-order valence-electron chi connectivity index (χ1n) is 9.76. The Morgan fingerprint density at radius 3 is 2.28 bits per heavy atom. The topological polar surface area (TPSA) is 58.1 Å². The molecule has 2 saturated heterocycles. The Morgan fingerprint density at radius 2 is 1.69 bits per heavy atom. The molecule has 0 aromatic carbocycles. The molecule has 2 fully saturated rings. The minimum Gasteiger partial charge on any atom is -0.342 e. The number of amides is 1. The lowest BCUT2D eigenvalue weighted by atomic mass is 9.84. The Balaban J connectivity index is 0.00000150. The minimum atomic E-state index is -4.52. The third kappa shape index (κ3) is 4.97. The van der Waals surface area contributed by atoms with Crippen molar-refractivity contribution < 1.29 is 18.0 Å². The summed E-state index contributed by atoms with van der Waals surface area (Å²) in [5, 5.41) is 3.41. The van der Waals surface area contributed by atoms with E-state index >= 15 is 0 Å². The summed E-state index contributed by atoms with van der Waals surface area (Å²) in [5.74, 6) is 0.966. The number of likely N-dealkylation sites (tertiary alicyclic amines) is 1. The number of alkyl halides is 3. The molecule has 1 aromatic heterocycles. The van der Waals surface area contributed by atoms with E-state index in [0.717, 1.165) is 25.9 Å². The molecule has 29 heavy (non-hydrogen) atoms. The lowest BCUT2D eigenvalue weighted by Gasteiger charge is -2.30. The van der Waals surface area contributed by atoms with Crippen molar-refractivity contribution in [1.82, 2.24) is 20.2 Å². The van der Waals surface area contributed by atoms with Gasteiger partial charge in [0.15, 0.2) is 5.69 Å². The molecule has 2 aliphatic heterocycles. The molecule has 4 rings (SSSR count). The van der Waals surface area contributed by atoms with Crippen LogP contribution in [0.2, 0.25) is 0 Å². The van der Waals surface area contributed by atoms with Crippen LogP contribution in [-0.4, -0.2) is 47.0 Å². The number of hydrogen-bond donors (Lipinski definition) is 1. The molecule has 1 unspecified atom stereocenters. The van der Waals surface area contributed by atoms with E-state index in [-0.39, 0.29) is 48.5 Å². The lowest BCUT2D eigenvalue weighted by Crippen LogP contribution is -2.40. The van der Waals surface area contributed by atoms with Gasteiger partial charge in [0.1, 0.15) is 5.82 Å². The van der Waals surface area contributed by atoms with Crippen molar-refractivity contribution in [3.8, 4) is 0 Å². The number of carbonyl (C=O) groups excluding carboxylic acids is 1. The van der Waals surface area contributed by atoms with Gasteiger partial charge in [-0.1, -0.05) is 0 Å². The maximum atomic E-state index is 13.4. The zero-order chi connectivity index (χ0) is 19.2. The van der Waals surface area contributed by atoms with E-state index < -0.39 is 17.8 Å². The molecule has 1 amide bonds. The van der Waals surface area contributed by atoms with E-state index in [1.165, 1.54) is 6.92 Å². The number of carbonyl (C=O) groups is 1. The van der Waals surface area contributed by atoms with Crippen LogP contribution >= 0.6 is 24.8 Å². The summed E-state index contributed by atoms with van der Waals surface area (Å²) in [5.41, 5.74) is -0.289. The molecule has 0 radical (unpaired) electrons. The van der Waals surface area contributed by atoms with Gasteiger partial charge in [-0.25, -0.2) is 9.97 Å². The summed E-state index contributed by atoms with van der Waals surface area (Å²) in [6, 6.07) is 0. The normalized spacial score (nSPS) is 26.5. The van der Waals surface area contributed by atoms with Gasteiger partial charge in [0.05, 0.1) is 0 Å². The Hall–Kier alpha value is -1.12. The minimum absolute atomic E-state index is 0. The molecule has 3 atom stereocenters. The summed E-state index contributed by atoms with van der Waals surface area (Å²) >= 11 is 0. The first-order valence-corrected chi connectivity index (χ1v) is 9.76. The molecular formula is C19H27Cl2F3N4O. The quantitative estimate of drug-likeness (QED) is 0.707. The van der Waals surface area contributed by atoms with Crippen LogP contribution in [0.4, 0.5) is 13.2 Å². The molecule has 3 aliphatic rings. The highest BCUT2D eigenvalue weighted by molar-refractivity contribution is 5.85. The third-order valence-electron chi connectivity index (χ3n) is 6.33. The number of halogens is 5. The third-order valence-corrected chi connectivity index (χ3v) is 6.33. The van der Waals surface area contributed by atoms with Crippen LogP contribution in [-0.2, 0) is 23.8 Å². The van der Waals surface area contributed by atoms with E-state index in [4.69, 9.17) is 0 Å². The van der Waals surface area contributed by atoms with E-state index in [1.54, 1.807) is 0 Å². The van der Waals surface area contributed by atoms with Crippen LogP contribution in [0.3, 0.4) is 0 Å². The largest absolute Gasteiger partial charge is 0.433 e. The fourth-order valence-electron chi connectivity index (χ4n) is 4.88. The van der Waals surface area contributed by atoms with Gasteiger partial charge in [-0.05, 0) is 64.0 Å². The number of nitrogens with one attached hydrogen (secondary N) is 1. The SMILES string of the molecule is Cc1nc2c(c(C(F)(F)F)n1)CC(C(=O)N1CC[C@@H]3CNC[C@@H]3CC1)CC2.Cl.Cl. The Bertz CT molecular complexity index is 733. The highest BCUT2D eigenvalue weighted by atomic mass is 35.5. The van der Waals surface area contributed by atoms with Crippen LogP contribution in [0.5, 0.6) is 0 Å². The Kier molecular flexibility index (Phi) is 7.79. The van der Waals surface area contributed by atoms with Gasteiger partial charge in [-0.3, -0.25) is 4.79 Å². The Morgan fingerprint density at radius 1 is 1.07 bits per heavy atom. The average Bonchev–Trinajstić information content (AvgIpc) is 2.97. The maximum absolute atomic E-state index is 13.4.